The number of para-hydroxylation sites is 1. The normalized spacial score (nSPS) is 10.9. The molecule has 0 saturated heterocycles. The van der Waals surface area contributed by atoms with Crippen LogP contribution in [0.3, 0.4) is 0 Å². The van der Waals surface area contributed by atoms with Crippen LogP contribution in [0, 0.1) is 0 Å². The molecular formula is C9H8BrNO4S. The Labute approximate surface area is 101 Å². The number of carbonyl (C=O) groups excluding carboxylic acids is 1. The van der Waals surface area contributed by atoms with Gasteiger partial charge in [-0.25, -0.2) is 0 Å². The van der Waals surface area contributed by atoms with Crippen LogP contribution in [0.5, 0.6) is 0 Å². The Hall–Kier alpha value is -1.18. The predicted molar refractivity (Wildman–Crippen MR) is 63.0 cm³/mol. The molecule has 0 unspecified atom stereocenters. The zero-order chi connectivity index (χ0) is 12.3. The van der Waals surface area contributed by atoms with Crippen LogP contribution >= 0.6 is 15.9 Å². The first-order valence-electron chi connectivity index (χ1n) is 4.04. The van der Waals surface area contributed by atoms with Gasteiger partial charge in [0.25, 0.3) is 16.0 Å². The first kappa shape index (κ1) is 12.9. The molecule has 0 aliphatic carbocycles. The number of anilines is 1. The predicted octanol–water partition coefficient (Wildman–Crippen LogP) is 1.78. The lowest BCUT2D eigenvalue weighted by Gasteiger charge is -2.07. The second-order valence-electron chi connectivity index (χ2n) is 2.83. The summed E-state index contributed by atoms with van der Waals surface area (Å²) < 4.78 is 30.9. The monoisotopic (exact) mass is 305 g/mol. The highest BCUT2D eigenvalue weighted by Gasteiger charge is 2.16. The molecule has 0 aromatic heterocycles. The van der Waals surface area contributed by atoms with Crippen molar-refractivity contribution in [2.24, 2.45) is 0 Å². The van der Waals surface area contributed by atoms with E-state index in [0.29, 0.717) is 0 Å². The van der Waals surface area contributed by atoms with Crippen LogP contribution in [0.4, 0.5) is 5.69 Å². The minimum atomic E-state index is -4.36. The Morgan fingerprint density at radius 2 is 1.94 bits per heavy atom. The third-order valence-electron chi connectivity index (χ3n) is 1.66. The van der Waals surface area contributed by atoms with E-state index in [2.05, 4.69) is 27.8 Å². The van der Waals surface area contributed by atoms with Gasteiger partial charge in [0.1, 0.15) is 4.90 Å². The van der Waals surface area contributed by atoms with Crippen LogP contribution in [-0.2, 0) is 14.9 Å². The summed E-state index contributed by atoms with van der Waals surface area (Å²) in [5, 5.41) is 2.29. The average Bonchev–Trinajstić information content (AvgIpc) is 2.16. The Morgan fingerprint density at radius 3 is 2.44 bits per heavy atom. The first-order chi connectivity index (χ1) is 7.32. The lowest BCUT2D eigenvalue weighted by molar-refractivity contribution is -0.112. The van der Waals surface area contributed by atoms with Gasteiger partial charge < -0.3 is 5.32 Å². The summed E-state index contributed by atoms with van der Waals surface area (Å²) in [7, 11) is -4.36. The molecule has 7 heteroatoms. The second kappa shape index (κ2) is 4.77. The van der Waals surface area contributed by atoms with Crippen molar-refractivity contribution in [3.8, 4) is 0 Å². The van der Waals surface area contributed by atoms with Gasteiger partial charge in [0, 0.05) is 0 Å². The van der Waals surface area contributed by atoms with Gasteiger partial charge in [-0.05, 0) is 28.1 Å². The Morgan fingerprint density at radius 1 is 1.38 bits per heavy atom. The van der Waals surface area contributed by atoms with Gasteiger partial charge in [-0.1, -0.05) is 18.7 Å². The zero-order valence-corrected chi connectivity index (χ0v) is 10.4. The SMILES string of the molecule is C=C(Br)C(=O)Nc1ccccc1S(=O)(=O)O. The van der Waals surface area contributed by atoms with Crippen molar-refractivity contribution in [1.82, 2.24) is 0 Å². The van der Waals surface area contributed by atoms with Crippen LogP contribution < -0.4 is 5.32 Å². The number of hydrogen-bond acceptors (Lipinski definition) is 3. The van der Waals surface area contributed by atoms with E-state index in [1.165, 1.54) is 24.3 Å². The second-order valence-corrected chi connectivity index (χ2v) is 5.18. The number of rotatable bonds is 3. The highest BCUT2D eigenvalue weighted by Crippen LogP contribution is 2.21. The van der Waals surface area contributed by atoms with Crippen LogP contribution in [0.15, 0.2) is 40.2 Å². The summed E-state index contributed by atoms with van der Waals surface area (Å²) in [4.78, 5) is 10.9. The Balaban J connectivity index is 3.16. The minimum absolute atomic E-state index is 0.00407. The standard InChI is InChI=1S/C9H8BrNO4S/c1-6(10)9(12)11-7-4-2-3-5-8(7)16(13,14)15/h2-5H,1H2,(H,11,12)(H,13,14,15). The number of carbonyl (C=O) groups is 1. The Kier molecular flexibility index (Phi) is 3.84. The van der Waals surface area contributed by atoms with E-state index in [4.69, 9.17) is 4.55 Å². The molecule has 1 aromatic rings. The van der Waals surface area contributed by atoms with Crippen molar-refractivity contribution < 1.29 is 17.8 Å². The molecular weight excluding hydrogens is 298 g/mol. The number of hydrogen-bond donors (Lipinski definition) is 2. The van der Waals surface area contributed by atoms with E-state index >= 15 is 0 Å². The topological polar surface area (TPSA) is 83.5 Å². The van der Waals surface area contributed by atoms with Gasteiger partial charge in [-0.3, -0.25) is 9.35 Å². The smallest absolute Gasteiger partial charge is 0.296 e. The molecule has 0 fully saturated rings. The zero-order valence-electron chi connectivity index (χ0n) is 7.97. The molecule has 5 nitrogen and oxygen atoms in total. The maximum absolute atomic E-state index is 11.3. The van der Waals surface area contributed by atoms with Crippen molar-refractivity contribution in [3.63, 3.8) is 0 Å². The van der Waals surface area contributed by atoms with Crippen LogP contribution in [-0.4, -0.2) is 18.9 Å². The summed E-state index contributed by atoms with van der Waals surface area (Å²) in [5.74, 6) is -0.587. The van der Waals surface area contributed by atoms with Crippen molar-refractivity contribution in [2.75, 3.05) is 5.32 Å². The summed E-state index contributed by atoms with van der Waals surface area (Å²) in [6.45, 7) is 3.34. The van der Waals surface area contributed by atoms with Gasteiger partial charge >= 0.3 is 0 Å². The van der Waals surface area contributed by atoms with Crippen molar-refractivity contribution in [1.29, 1.82) is 0 Å². The fourth-order valence-corrected chi connectivity index (χ4v) is 1.73. The van der Waals surface area contributed by atoms with E-state index in [9.17, 15) is 13.2 Å². The molecule has 0 bridgehead atoms. The lowest BCUT2D eigenvalue weighted by atomic mass is 10.3. The van der Waals surface area contributed by atoms with Crippen molar-refractivity contribution >= 4 is 37.6 Å². The van der Waals surface area contributed by atoms with Crippen molar-refractivity contribution in [3.05, 3.63) is 35.3 Å². The molecule has 16 heavy (non-hydrogen) atoms. The van der Waals surface area contributed by atoms with E-state index < -0.39 is 16.0 Å². The molecule has 1 rings (SSSR count). The number of nitrogens with one attached hydrogen (secondary N) is 1. The summed E-state index contributed by atoms with van der Waals surface area (Å²) in [6, 6.07) is 5.50. The molecule has 0 aliphatic rings. The van der Waals surface area contributed by atoms with E-state index in [1.807, 2.05) is 0 Å². The van der Waals surface area contributed by atoms with Crippen LogP contribution in [0.1, 0.15) is 0 Å². The molecule has 0 saturated carbocycles. The van der Waals surface area contributed by atoms with E-state index in [-0.39, 0.29) is 15.1 Å². The van der Waals surface area contributed by atoms with E-state index in [1.54, 1.807) is 0 Å². The largest absolute Gasteiger partial charge is 0.320 e. The number of halogens is 1. The number of benzene rings is 1. The minimum Gasteiger partial charge on any atom is -0.320 e. The molecule has 0 atom stereocenters. The van der Waals surface area contributed by atoms with Gasteiger partial charge in [-0.2, -0.15) is 8.42 Å². The van der Waals surface area contributed by atoms with Crippen LogP contribution in [0.25, 0.3) is 0 Å². The maximum Gasteiger partial charge on any atom is 0.296 e. The number of amides is 1. The lowest BCUT2D eigenvalue weighted by Crippen LogP contribution is -2.13. The highest BCUT2D eigenvalue weighted by molar-refractivity contribution is 9.12. The molecule has 0 heterocycles. The molecule has 1 amide bonds. The van der Waals surface area contributed by atoms with Gasteiger partial charge in [0.2, 0.25) is 0 Å². The molecule has 0 spiro atoms. The first-order valence-corrected chi connectivity index (χ1v) is 6.28. The fourth-order valence-electron chi connectivity index (χ4n) is 0.985. The Bertz CT molecular complexity index is 538. The van der Waals surface area contributed by atoms with Gasteiger partial charge in [0.05, 0.1) is 10.2 Å². The molecule has 1 aromatic carbocycles. The maximum atomic E-state index is 11.3. The molecule has 2 N–H and O–H groups in total. The molecule has 0 aliphatic heterocycles. The van der Waals surface area contributed by atoms with Gasteiger partial charge in [0.15, 0.2) is 0 Å². The highest BCUT2D eigenvalue weighted by atomic mass is 79.9. The quantitative estimate of drug-likeness (QED) is 0.658. The van der Waals surface area contributed by atoms with Crippen molar-refractivity contribution in [2.45, 2.75) is 4.90 Å². The van der Waals surface area contributed by atoms with Crippen LogP contribution in [0.2, 0.25) is 0 Å². The average molecular weight is 306 g/mol. The fraction of sp³-hybridized carbons (Fsp3) is 0. The summed E-state index contributed by atoms with van der Waals surface area (Å²) >= 11 is 2.85. The van der Waals surface area contributed by atoms with Gasteiger partial charge in [-0.15, -0.1) is 0 Å². The summed E-state index contributed by atoms with van der Waals surface area (Å²) in [5.41, 5.74) is -0.00407. The van der Waals surface area contributed by atoms with E-state index in [0.717, 1.165) is 0 Å². The molecule has 0 radical (unpaired) electrons. The third kappa shape index (κ3) is 3.16. The third-order valence-corrected chi connectivity index (χ3v) is 2.93. The summed E-state index contributed by atoms with van der Waals surface area (Å²) in [6.07, 6.45) is 0. The molecule has 86 valence electrons.